The molecule has 0 fully saturated rings. The van der Waals surface area contributed by atoms with Gasteiger partial charge in [0.15, 0.2) is 0 Å². The molecule has 0 heterocycles. The third-order valence-corrected chi connectivity index (χ3v) is 11.6. The Morgan fingerprint density at radius 2 is 0.825 bits per heavy atom. The second-order valence-electron chi connectivity index (χ2n) is 14.9. The van der Waals surface area contributed by atoms with Gasteiger partial charge in [-0.05, 0) is 118 Å². The van der Waals surface area contributed by atoms with Gasteiger partial charge >= 0.3 is 0 Å². The number of rotatable bonds is 6. The molecule has 0 aliphatic heterocycles. The molecule has 0 aliphatic carbocycles. The number of anilines is 3. The van der Waals surface area contributed by atoms with E-state index in [1.165, 1.54) is 87.2 Å². The highest BCUT2D eigenvalue weighted by molar-refractivity contribution is 6.24. The first kappa shape index (κ1) is 32.9. The van der Waals surface area contributed by atoms with Crippen LogP contribution in [-0.4, -0.2) is 0 Å². The molecule has 1 heteroatoms. The lowest BCUT2D eigenvalue weighted by Crippen LogP contribution is -2.11. The van der Waals surface area contributed by atoms with E-state index in [1.807, 2.05) is 0 Å². The number of nitrogens with zero attached hydrogens (tertiary/aromatic N) is 1. The molecule has 0 aromatic heterocycles. The first-order valence-electron chi connectivity index (χ1n) is 19.7. The van der Waals surface area contributed by atoms with Crippen LogP contribution in [0.5, 0.6) is 0 Å². The van der Waals surface area contributed by atoms with Crippen LogP contribution in [0.2, 0.25) is 0 Å². The van der Waals surface area contributed by atoms with Crippen molar-refractivity contribution in [2.45, 2.75) is 0 Å². The minimum atomic E-state index is 1.10. The van der Waals surface area contributed by atoms with Crippen molar-refractivity contribution in [2.24, 2.45) is 0 Å². The highest BCUT2D eigenvalue weighted by atomic mass is 15.1. The minimum Gasteiger partial charge on any atom is -0.310 e. The molecule has 0 N–H and O–H groups in total. The van der Waals surface area contributed by atoms with Gasteiger partial charge in [0.2, 0.25) is 0 Å². The van der Waals surface area contributed by atoms with E-state index in [9.17, 15) is 0 Å². The predicted octanol–water partition coefficient (Wildman–Crippen LogP) is 15.9. The molecule has 0 atom stereocenters. The van der Waals surface area contributed by atoms with Crippen molar-refractivity contribution in [1.82, 2.24) is 0 Å². The van der Waals surface area contributed by atoms with Crippen LogP contribution in [0.15, 0.2) is 224 Å². The number of fused-ring (bicyclic) bond motifs is 8. The Hall–Kier alpha value is -7.48. The van der Waals surface area contributed by atoms with Crippen molar-refractivity contribution in [3.05, 3.63) is 224 Å². The third-order valence-electron chi connectivity index (χ3n) is 11.6. The first-order chi connectivity index (χ1) is 28.3. The van der Waals surface area contributed by atoms with Crippen LogP contribution < -0.4 is 4.90 Å². The molecule has 0 spiro atoms. The first-order valence-corrected chi connectivity index (χ1v) is 19.7. The molecule has 0 amide bonds. The van der Waals surface area contributed by atoms with Crippen LogP contribution in [0.1, 0.15) is 0 Å². The van der Waals surface area contributed by atoms with E-state index in [0.717, 1.165) is 17.1 Å². The molecule has 11 rings (SSSR count). The lowest BCUT2D eigenvalue weighted by atomic mass is 9.87. The summed E-state index contributed by atoms with van der Waals surface area (Å²) in [7, 11) is 0. The van der Waals surface area contributed by atoms with Gasteiger partial charge in [-0.25, -0.2) is 0 Å². The summed E-state index contributed by atoms with van der Waals surface area (Å²) >= 11 is 0. The molecule has 0 aliphatic rings. The zero-order chi connectivity index (χ0) is 37.7. The Kier molecular flexibility index (Phi) is 7.89. The summed E-state index contributed by atoms with van der Waals surface area (Å²) in [4.78, 5) is 2.46. The second kappa shape index (κ2) is 13.7. The Labute approximate surface area is 332 Å². The SMILES string of the molecule is c1ccc(-c2cccc(N(c3ccc(-c4cc5ccc6ccccc6c5c5ccccc45)c(-c4ccccc4)c3)c3cc4ccccc4c4ccccc34)c2)cc1. The molecule has 57 heavy (non-hydrogen) atoms. The van der Waals surface area contributed by atoms with Gasteiger partial charge < -0.3 is 4.90 Å². The Bertz CT molecular complexity index is 3290. The van der Waals surface area contributed by atoms with Crippen molar-refractivity contribution in [3.8, 4) is 33.4 Å². The van der Waals surface area contributed by atoms with Gasteiger partial charge in [-0.15, -0.1) is 0 Å². The van der Waals surface area contributed by atoms with E-state index in [-0.39, 0.29) is 0 Å². The zero-order valence-corrected chi connectivity index (χ0v) is 31.3. The van der Waals surface area contributed by atoms with E-state index < -0.39 is 0 Å². The van der Waals surface area contributed by atoms with Crippen molar-refractivity contribution in [2.75, 3.05) is 4.90 Å². The lowest BCUT2D eigenvalue weighted by molar-refractivity contribution is 1.30. The fraction of sp³-hybridized carbons (Fsp3) is 0. The maximum Gasteiger partial charge on any atom is 0.0546 e. The summed E-state index contributed by atoms with van der Waals surface area (Å²) in [5, 5.41) is 12.5. The predicted molar refractivity (Wildman–Crippen MR) is 245 cm³/mol. The zero-order valence-electron chi connectivity index (χ0n) is 31.3. The molecule has 266 valence electrons. The highest BCUT2D eigenvalue weighted by Crippen LogP contribution is 2.47. The normalized spacial score (nSPS) is 11.5. The molecule has 11 aromatic rings. The molecular formula is C56H37N. The van der Waals surface area contributed by atoms with Gasteiger partial charge in [0.05, 0.1) is 5.69 Å². The molecule has 0 radical (unpaired) electrons. The highest BCUT2D eigenvalue weighted by Gasteiger charge is 2.21. The molecule has 11 aromatic carbocycles. The lowest BCUT2D eigenvalue weighted by Gasteiger charge is -2.29. The largest absolute Gasteiger partial charge is 0.310 e. The maximum atomic E-state index is 2.46. The van der Waals surface area contributed by atoms with Crippen molar-refractivity contribution in [1.29, 1.82) is 0 Å². The Morgan fingerprint density at radius 1 is 0.246 bits per heavy atom. The van der Waals surface area contributed by atoms with Gasteiger partial charge in [0.25, 0.3) is 0 Å². The van der Waals surface area contributed by atoms with Crippen LogP contribution in [0.3, 0.4) is 0 Å². The fourth-order valence-electron chi connectivity index (χ4n) is 8.97. The third kappa shape index (κ3) is 5.63. The van der Waals surface area contributed by atoms with Crippen LogP contribution in [-0.2, 0) is 0 Å². The smallest absolute Gasteiger partial charge is 0.0546 e. The number of hydrogen-bond acceptors (Lipinski definition) is 1. The summed E-state index contributed by atoms with van der Waals surface area (Å²) < 4.78 is 0. The van der Waals surface area contributed by atoms with E-state index in [0.29, 0.717) is 0 Å². The quantitative estimate of drug-likeness (QED) is 0.154. The standard InChI is InChI=1S/C56H37N/c1-3-16-38(17-4-1)41-22-15-23-44(34-41)57(55-36-42-21-8-9-24-46(42)48-26-11-13-28-51(48)55)45-32-33-50(53(37-45)39-18-5-2-6-19-39)54-35-43-31-30-40-20-7-10-25-47(40)56(43)52-29-14-12-27-49(52)54/h1-37H. The molecule has 0 unspecified atom stereocenters. The van der Waals surface area contributed by atoms with Gasteiger partial charge in [0, 0.05) is 16.8 Å². The Balaban J connectivity index is 1.20. The summed E-state index contributed by atoms with van der Waals surface area (Å²) in [6.07, 6.45) is 0. The monoisotopic (exact) mass is 723 g/mol. The average molecular weight is 724 g/mol. The minimum absolute atomic E-state index is 1.10. The Morgan fingerprint density at radius 3 is 1.61 bits per heavy atom. The summed E-state index contributed by atoms with van der Waals surface area (Å²) in [6.45, 7) is 0. The van der Waals surface area contributed by atoms with Gasteiger partial charge in [-0.1, -0.05) is 188 Å². The summed E-state index contributed by atoms with van der Waals surface area (Å²) in [5.74, 6) is 0. The van der Waals surface area contributed by atoms with Crippen molar-refractivity contribution in [3.63, 3.8) is 0 Å². The van der Waals surface area contributed by atoms with Gasteiger partial charge in [-0.2, -0.15) is 0 Å². The molecular weight excluding hydrogens is 687 g/mol. The van der Waals surface area contributed by atoms with E-state index in [4.69, 9.17) is 0 Å². The summed E-state index contributed by atoms with van der Waals surface area (Å²) in [5.41, 5.74) is 10.5. The van der Waals surface area contributed by atoms with Crippen LogP contribution in [0.25, 0.3) is 87.2 Å². The molecule has 0 saturated heterocycles. The van der Waals surface area contributed by atoms with E-state index in [2.05, 4.69) is 229 Å². The van der Waals surface area contributed by atoms with Crippen molar-refractivity contribution < 1.29 is 0 Å². The van der Waals surface area contributed by atoms with Gasteiger partial charge in [-0.3, -0.25) is 0 Å². The van der Waals surface area contributed by atoms with Gasteiger partial charge in [0.1, 0.15) is 0 Å². The van der Waals surface area contributed by atoms with Crippen LogP contribution in [0.4, 0.5) is 17.1 Å². The van der Waals surface area contributed by atoms with E-state index in [1.54, 1.807) is 0 Å². The molecule has 1 nitrogen and oxygen atoms in total. The average Bonchev–Trinajstić information content (AvgIpc) is 3.29. The van der Waals surface area contributed by atoms with Crippen molar-refractivity contribution >= 4 is 70.9 Å². The molecule has 0 bridgehead atoms. The fourth-order valence-corrected chi connectivity index (χ4v) is 8.97. The topological polar surface area (TPSA) is 3.24 Å². The summed E-state index contributed by atoms with van der Waals surface area (Å²) in [6, 6.07) is 82.2. The van der Waals surface area contributed by atoms with E-state index >= 15 is 0 Å². The van der Waals surface area contributed by atoms with Crippen LogP contribution in [0, 0.1) is 0 Å². The second-order valence-corrected chi connectivity index (χ2v) is 14.9. The maximum absolute atomic E-state index is 2.46. The van der Waals surface area contributed by atoms with Crippen LogP contribution >= 0.6 is 0 Å². The molecule has 0 saturated carbocycles. The number of hydrogen-bond donors (Lipinski definition) is 0. The number of benzene rings is 11.